The summed E-state index contributed by atoms with van der Waals surface area (Å²) in [6.45, 7) is 7.00. The molecule has 2 N–H and O–H groups in total. The second-order valence-electron chi connectivity index (χ2n) is 6.10. The van der Waals surface area contributed by atoms with E-state index in [0.29, 0.717) is 12.3 Å². The van der Waals surface area contributed by atoms with Gasteiger partial charge in [0.1, 0.15) is 5.75 Å². The molecule has 2 unspecified atom stereocenters. The van der Waals surface area contributed by atoms with E-state index in [-0.39, 0.29) is 11.9 Å². The Morgan fingerprint density at radius 1 is 1.41 bits per heavy atom. The predicted octanol–water partition coefficient (Wildman–Crippen LogP) is 3.04. The lowest BCUT2D eigenvalue weighted by atomic mass is 10.0. The summed E-state index contributed by atoms with van der Waals surface area (Å²) in [4.78, 5) is 12.0. The number of benzene rings is 1. The Balaban J connectivity index is 1.75. The second kappa shape index (κ2) is 8.79. The topological polar surface area (TPSA) is 50.4 Å². The first-order valence-corrected chi connectivity index (χ1v) is 8.42. The van der Waals surface area contributed by atoms with Crippen LogP contribution in [0.4, 0.5) is 0 Å². The number of hydrogen-bond acceptors (Lipinski definition) is 3. The third-order valence-electron chi connectivity index (χ3n) is 4.17. The second-order valence-corrected chi connectivity index (χ2v) is 6.10. The Labute approximate surface area is 133 Å². The van der Waals surface area contributed by atoms with E-state index in [1.165, 1.54) is 6.42 Å². The molecule has 1 aromatic rings. The molecule has 0 aliphatic carbocycles. The van der Waals surface area contributed by atoms with Crippen LogP contribution < -0.4 is 15.4 Å². The fourth-order valence-corrected chi connectivity index (χ4v) is 2.77. The minimum atomic E-state index is 0.0365. The van der Waals surface area contributed by atoms with Crippen molar-refractivity contribution in [3.05, 3.63) is 29.8 Å². The predicted molar refractivity (Wildman–Crippen MR) is 89.0 cm³/mol. The van der Waals surface area contributed by atoms with Crippen LogP contribution in [0.15, 0.2) is 24.3 Å². The zero-order chi connectivity index (χ0) is 15.8. The van der Waals surface area contributed by atoms with Crippen LogP contribution in [0.5, 0.6) is 5.75 Å². The van der Waals surface area contributed by atoms with Crippen molar-refractivity contribution in [1.29, 1.82) is 0 Å². The molecule has 1 aromatic carbocycles. The molecule has 122 valence electrons. The van der Waals surface area contributed by atoms with Gasteiger partial charge < -0.3 is 15.4 Å². The van der Waals surface area contributed by atoms with Gasteiger partial charge in [0.2, 0.25) is 5.91 Å². The zero-order valence-electron chi connectivity index (χ0n) is 13.7. The van der Waals surface area contributed by atoms with E-state index in [1.54, 1.807) is 0 Å². The van der Waals surface area contributed by atoms with Crippen molar-refractivity contribution in [3.8, 4) is 5.75 Å². The highest BCUT2D eigenvalue weighted by atomic mass is 16.5. The lowest BCUT2D eigenvalue weighted by Gasteiger charge is -2.16. The van der Waals surface area contributed by atoms with Crippen LogP contribution in [0.1, 0.15) is 51.1 Å². The SMILES string of the molecule is CCCOc1ccc(C(C)NC(=O)CCC2CCNC2)cc1. The number of nitrogens with one attached hydrogen (secondary N) is 2. The number of carbonyl (C=O) groups is 1. The highest BCUT2D eigenvalue weighted by Gasteiger charge is 2.16. The van der Waals surface area contributed by atoms with Crippen LogP contribution in [-0.2, 0) is 4.79 Å². The van der Waals surface area contributed by atoms with Gasteiger partial charge in [-0.15, -0.1) is 0 Å². The van der Waals surface area contributed by atoms with Crippen molar-refractivity contribution in [2.75, 3.05) is 19.7 Å². The third kappa shape index (κ3) is 5.34. The fraction of sp³-hybridized carbons (Fsp3) is 0.611. The highest BCUT2D eigenvalue weighted by molar-refractivity contribution is 5.76. The quantitative estimate of drug-likeness (QED) is 0.776. The van der Waals surface area contributed by atoms with Crippen LogP contribution in [0.3, 0.4) is 0 Å². The van der Waals surface area contributed by atoms with Gasteiger partial charge in [-0.3, -0.25) is 4.79 Å². The Morgan fingerprint density at radius 3 is 2.82 bits per heavy atom. The Morgan fingerprint density at radius 2 is 2.18 bits per heavy atom. The third-order valence-corrected chi connectivity index (χ3v) is 4.17. The average Bonchev–Trinajstić information content (AvgIpc) is 3.05. The summed E-state index contributed by atoms with van der Waals surface area (Å²) in [5.41, 5.74) is 1.11. The summed E-state index contributed by atoms with van der Waals surface area (Å²) in [6, 6.07) is 8.03. The summed E-state index contributed by atoms with van der Waals surface area (Å²) in [7, 11) is 0. The largest absolute Gasteiger partial charge is 0.494 e. The van der Waals surface area contributed by atoms with Crippen molar-refractivity contribution >= 4 is 5.91 Å². The van der Waals surface area contributed by atoms with Crippen molar-refractivity contribution in [2.24, 2.45) is 5.92 Å². The van der Waals surface area contributed by atoms with E-state index in [0.717, 1.165) is 43.9 Å². The van der Waals surface area contributed by atoms with Crippen molar-refractivity contribution < 1.29 is 9.53 Å². The smallest absolute Gasteiger partial charge is 0.220 e. The van der Waals surface area contributed by atoms with E-state index in [4.69, 9.17) is 4.74 Å². The van der Waals surface area contributed by atoms with Crippen molar-refractivity contribution in [1.82, 2.24) is 10.6 Å². The first-order valence-electron chi connectivity index (χ1n) is 8.42. The van der Waals surface area contributed by atoms with Gasteiger partial charge in [0.25, 0.3) is 0 Å². The van der Waals surface area contributed by atoms with Gasteiger partial charge in [0.15, 0.2) is 0 Å². The van der Waals surface area contributed by atoms with Crippen LogP contribution in [0, 0.1) is 5.92 Å². The van der Waals surface area contributed by atoms with Gasteiger partial charge in [0, 0.05) is 6.42 Å². The molecule has 1 amide bonds. The van der Waals surface area contributed by atoms with E-state index in [1.807, 2.05) is 31.2 Å². The summed E-state index contributed by atoms with van der Waals surface area (Å²) in [6.07, 6.45) is 3.80. The van der Waals surface area contributed by atoms with Gasteiger partial charge in [-0.25, -0.2) is 0 Å². The molecule has 0 radical (unpaired) electrons. The number of hydrogen-bond donors (Lipinski definition) is 2. The van der Waals surface area contributed by atoms with E-state index < -0.39 is 0 Å². The van der Waals surface area contributed by atoms with E-state index in [2.05, 4.69) is 17.6 Å². The Bertz CT molecular complexity index is 453. The van der Waals surface area contributed by atoms with Crippen LogP contribution >= 0.6 is 0 Å². The zero-order valence-corrected chi connectivity index (χ0v) is 13.7. The number of rotatable bonds is 8. The summed E-state index contributed by atoms with van der Waals surface area (Å²) < 4.78 is 5.57. The highest BCUT2D eigenvalue weighted by Crippen LogP contribution is 2.19. The molecule has 1 aliphatic rings. The van der Waals surface area contributed by atoms with Crippen LogP contribution in [0.25, 0.3) is 0 Å². The van der Waals surface area contributed by atoms with Gasteiger partial charge >= 0.3 is 0 Å². The molecule has 1 aliphatic heterocycles. The molecule has 2 rings (SSSR count). The molecule has 0 bridgehead atoms. The maximum atomic E-state index is 12.0. The Kier molecular flexibility index (Phi) is 6.72. The molecule has 1 saturated heterocycles. The standard InChI is InChI=1S/C18H28N2O2/c1-3-12-22-17-7-5-16(6-8-17)14(2)20-18(21)9-4-15-10-11-19-13-15/h5-8,14-15,19H,3-4,9-13H2,1-2H3,(H,20,21). The molecular weight excluding hydrogens is 276 g/mol. The summed E-state index contributed by atoms with van der Waals surface area (Å²) in [5, 5.41) is 6.42. The fourth-order valence-electron chi connectivity index (χ4n) is 2.77. The summed E-state index contributed by atoms with van der Waals surface area (Å²) >= 11 is 0. The number of ether oxygens (including phenoxy) is 1. The molecule has 1 fully saturated rings. The first kappa shape index (κ1) is 16.8. The maximum absolute atomic E-state index is 12.0. The minimum absolute atomic E-state index is 0.0365. The molecule has 0 saturated carbocycles. The van der Waals surface area contributed by atoms with Crippen LogP contribution in [-0.4, -0.2) is 25.6 Å². The number of amides is 1. The van der Waals surface area contributed by atoms with Gasteiger partial charge in [-0.2, -0.15) is 0 Å². The molecule has 4 heteroatoms. The van der Waals surface area contributed by atoms with Crippen LogP contribution in [0.2, 0.25) is 0 Å². The normalized spacial score (nSPS) is 18.9. The Hall–Kier alpha value is -1.55. The first-order chi connectivity index (χ1) is 10.7. The minimum Gasteiger partial charge on any atom is -0.494 e. The molecule has 4 nitrogen and oxygen atoms in total. The van der Waals surface area contributed by atoms with Gasteiger partial charge in [-0.1, -0.05) is 19.1 Å². The molecule has 22 heavy (non-hydrogen) atoms. The van der Waals surface area contributed by atoms with Crippen molar-refractivity contribution in [2.45, 2.75) is 45.6 Å². The lowest BCUT2D eigenvalue weighted by molar-refractivity contribution is -0.122. The molecule has 2 atom stereocenters. The van der Waals surface area contributed by atoms with Gasteiger partial charge in [-0.05, 0) is 62.9 Å². The molecule has 1 heterocycles. The summed E-state index contributed by atoms with van der Waals surface area (Å²) in [5.74, 6) is 1.69. The molecule has 0 aromatic heterocycles. The number of carbonyl (C=O) groups excluding carboxylic acids is 1. The van der Waals surface area contributed by atoms with Gasteiger partial charge in [0.05, 0.1) is 12.6 Å². The van der Waals surface area contributed by atoms with E-state index in [9.17, 15) is 4.79 Å². The van der Waals surface area contributed by atoms with E-state index >= 15 is 0 Å². The lowest BCUT2D eigenvalue weighted by Crippen LogP contribution is -2.27. The average molecular weight is 304 g/mol. The molecule has 0 spiro atoms. The molecular formula is C18H28N2O2. The van der Waals surface area contributed by atoms with Crippen molar-refractivity contribution in [3.63, 3.8) is 0 Å². The maximum Gasteiger partial charge on any atom is 0.220 e. The monoisotopic (exact) mass is 304 g/mol.